The lowest BCUT2D eigenvalue weighted by molar-refractivity contribution is -0.159. The van der Waals surface area contributed by atoms with Crippen LogP contribution in [-0.2, 0) is 16.1 Å². The van der Waals surface area contributed by atoms with Crippen molar-refractivity contribution in [2.24, 2.45) is 0 Å². The highest BCUT2D eigenvalue weighted by Gasteiger charge is 2.18. The van der Waals surface area contributed by atoms with Gasteiger partial charge in [-0.25, -0.2) is 9.59 Å². The molecule has 0 spiro atoms. The highest BCUT2D eigenvalue weighted by molar-refractivity contribution is 9.10. The van der Waals surface area contributed by atoms with Crippen LogP contribution < -0.4 is 5.32 Å². The third-order valence-electron chi connectivity index (χ3n) is 5.04. The Kier molecular flexibility index (Phi) is 8.06. The van der Waals surface area contributed by atoms with E-state index >= 15 is 0 Å². The van der Waals surface area contributed by atoms with Crippen LogP contribution >= 0.6 is 31.9 Å². The molecule has 1 aromatic heterocycles. The molecule has 166 valence electrons. The minimum Gasteiger partial charge on any atom is -0.473 e. The minimum absolute atomic E-state index is 0.385. The zero-order valence-electron chi connectivity index (χ0n) is 16.6. The summed E-state index contributed by atoms with van der Waals surface area (Å²) in [4.78, 5) is 20.5. The summed E-state index contributed by atoms with van der Waals surface area (Å²) in [6.45, 7) is 5.34. The standard InChI is InChI=1S/C19H21Br2N3O.C2H2O4/c20-13-1-3-18-16(9-13)17-10-14(21)2-4-19(17)24(18)12-15(25)11-23-7-5-22-6-8-23;3-1(4)2(5)6/h1-4,9-10,15,22,25H,5-8,11-12H2;(H,3,4)(H,5,6). The fourth-order valence-corrected chi connectivity index (χ4v) is 4.43. The molecule has 4 rings (SSSR count). The molecule has 8 nitrogen and oxygen atoms in total. The van der Waals surface area contributed by atoms with Gasteiger partial charge >= 0.3 is 11.9 Å². The Labute approximate surface area is 195 Å². The first kappa shape index (κ1) is 23.7. The van der Waals surface area contributed by atoms with Gasteiger partial charge in [-0.15, -0.1) is 0 Å². The Morgan fingerprint density at radius 3 is 1.84 bits per heavy atom. The number of rotatable bonds is 4. The average Bonchev–Trinajstić information content (AvgIpc) is 3.01. The van der Waals surface area contributed by atoms with Crippen LogP contribution in [0.2, 0.25) is 0 Å². The number of β-amino-alcohol motifs (C(OH)–C–C–N with tert-alkyl or cyclic N) is 1. The van der Waals surface area contributed by atoms with Gasteiger partial charge in [-0.3, -0.25) is 4.90 Å². The number of halogens is 2. The summed E-state index contributed by atoms with van der Waals surface area (Å²) in [6, 6.07) is 12.7. The van der Waals surface area contributed by atoms with Crippen LogP contribution in [0.25, 0.3) is 21.8 Å². The lowest BCUT2D eigenvalue weighted by Gasteiger charge is -2.29. The van der Waals surface area contributed by atoms with Crippen LogP contribution in [0.3, 0.4) is 0 Å². The van der Waals surface area contributed by atoms with Gasteiger partial charge < -0.3 is 25.2 Å². The van der Waals surface area contributed by atoms with Gasteiger partial charge in [0, 0.05) is 63.5 Å². The molecule has 0 aliphatic carbocycles. The number of carboxylic acid groups (broad SMARTS) is 2. The second-order valence-corrected chi connectivity index (χ2v) is 9.08. The molecule has 1 aliphatic rings. The number of aliphatic hydroxyl groups is 1. The highest BCUT2D eigenvalue weighted by Crippen LogP contribution is 2.33. The van der Waals surface area contributed by atoms with E-state index in [-0.39, 0.29) is 6.10 Å². The molecule has 0 radical (unpaired) electrons. The van der Waals surface area contributed by atoms with Crippen molar-refractivity contribution in [3.8, 4) is 0 Å². The zero-order valence-corrected chi connectivity index (χ0v) is 19.8. The third kappa shape index (κ3) is 6.05. The molecule has 3 aromatic rings. The van der Waals surface area contributed by atoms with Crippen molar-refractivity contribution in [1.82, 2.24) is 14.8 Å². The summed E-state index contributed by atoms with van der Waals surface area (Å²) in [7, 11) is 0. The molecular formula is C21H23Br2N3O5. The molecule has 1 fully saturated rings. The fourth-order valence-electron chi connectivity index (χ4n) is 3.71. The first-order chi connectivity index (χ1) is 14.8. The van der Waals surface area contributed by atoms with Crippen molar-refractivity contribution in [3.63, 3.8) is 0 Å². The predicted octanol–water partition coefficient (Wildman–Crippen LogP) is 2.74. The number of piperazine rings is 1. The van der Waals surface area contributed by atoms with Crippen molar-refractivity contribution < 1.29 is 24.9 Å². The van der Waals surface area contributed by atoms with Crippen LogP contribution in [0.1, 0.15) is 0 Å². The molecule has 1 atom stereocenters. The van der Waals surface area contributed by atoms with E-state index in [1.165, 1.54) is 10.8 Å². The molecule has 0 saturated carbocycles. The maximum atomic E-state index is 10.7. The topological polar surface area (TPSA) is 115 Å². The van der Waals surface area contributed by atoms with Crippen molar-refractivity contribution in [2.45, 2.75) is 12.6 Å². The van der Waals surface area contributed by atoms with E-state index < -0.39 is 11.9 Å². The van der Waals surface area contributed by atoms with Crippen molar-refractivity contribution in [2.75, 3.05) is 32.7 Å². The smallest absolute Gasteiger partial charge is 0.414 e. The first-order valence-electron chi connectivity index (χ1n) is 9.70. The van der Waals surface area contributed by atoms with Gasteiger partial charge in [-0.2, -0.15) is 0 Å². The summed E-state index contributed by atoms with van der Waals surface area (Å²) >= 11 is 7.16. The number of benzene rings is 2. The molecule has 31 heavy (non-hydrogen) atoms. The number of hydrogen-bond donors (Lipinski definition) is 4. The van der Waals surface area contributed by atoms with E-state index in [1.807, 2.05) is 0 Å². The lowest BCUT2D eigenvalue weighted by atomic mass is 10.2. The molecule has 1 unspecified atom stereocenters. The largest absolute Gasteiger partial charge is 0.473 e. The van der Waals surface area contributed by atoms with Gasteiger partial charge in [0.25, 0.3) is 0 Å². The van der Waals surface area contributed by atoms with Gasteiger partial charge in [0.1, 0.15) is 0 Å². The molecular weight excluding hydrogens is 534 g/mol. The molecule has 1 saturated heterocycles. The Balaban J connectivity index is 0.000000401. The molecule has 0 amide bonds. The van der Waals surface area contributed by atoms with Gasteiger partial charge in [0.2, 0.25) is 0 Å². The monoisotopic (exact) mass is 555 g/mol. The number of aliphatic carboxylic acids is 2. The number of carboxylic acids is 2. The Hall–Kier alpha value is -1.98. The third-order valence-corrected chi connectivity index (χ3v) is 6.03. The number of nitrogens with zero attached hydrogens (tertiary/aromatic N) is 2. The summed E-state index contributed by atoms with van der Waals surface area (Å²) in [5.41, 5.74) is 2.33. The van der Waals surface area contributed by atoms with E-state index in [9.17, 15) is 5.11 Å². The van der Waals surface area contributed by atoms with E-state index in [0.29, 0.717) is 6.54 Å². The summed E-state index contributed by atoms with van der Waals surface area (Å²) in [5.74, 6) is -3.65. The van der Waals surface area contributed by atoms with E-state index in [1.54, 1.807) is 0 Å². The number of fused-ring (bicyclic) bond motifs is 3. The number of hydrogen-bond acceptors (Lipinski definition) is 5. The van der Waals surface area contributed by atoms with Crippen molar-refractivity contribution in [3.05, 3.63) is 45.3 Å². The maximum absolute atomic E-state index is 10.7. The van der Waals surface area contributed by atoms with Crippen molar-refractivity contribution >= 4 is 65.6 Å². The number of aliphatic hydroxyl groups excluding tert-OH is 1. The average molecular weight is 557 g/mol. The molecule has 2 heterocycles. The molecule has 4 N–H and O–H groups in total. The van der Waals surface area contributed by atoms with Gasteiger partial charge in [-0.1, -0.05) is 31.9 Å². The highest BCUT2D eigenvalue weighted by atomic mass is 79.9. The van der Waals surface area contributed by atoms with Crippen LogP contribution in [0.15, 0.2) is 45.3 Å². The number of nitrogens with one attached hydrogen (secondary N) is 1. The van der Waals surface area contributed by atoms with Crippen LogP contribution in [0, 0.1) is 0 Å². The normalized spacial score (nSPS) is 15.5. The Morgan fingerprint density at radius 1 is 0.903 bits per heavy atom. The Bertz CT molecular complexity index is 1020. The fraction of sp³-hybridized carbons (Fsp3) is 0.333. The van der Waals surface area contributed by atoms with Crippen LogP contribution in [-0.4, -0.2) is 75.6 Å². The SMILES string of the molecule is O=C(O)C(=O)O.OC(CN1CCNCC1)Cn1c2ccc(Br)cc2c2cc(Br)ccc21. The molecule has 10 heteroatoms. The van der Waals surface area contributed by atoms with Crippen molar-refractivity contribution in [1.29, 1.82) is 0 Å². The van der Waals surface area contributed by atoms with Crippen LogP contribution in [0.4, 0.5) is 0 Å². The second kappa shape index (κ2) is 10.6. The Morgan fingerprint density at radius 2 is 1.39 bits per heavy atom. The quantitative estimate of drug-likeness (QED) is 0.365. The molecule has 2 aromatic carbocycles. The first-order valence-corrected chi connectivity index (χ1v) is 11.3. The van der Waals surface area contributed by atoms with E-state index in [2.05, 4.69) is 83.0 Å². The minimum atomic E-state index is -1.82. The van der Waals surface area contributed by atoms with E-state index in [4.69, 9.17) is 19.8 Å². The van der Waals surface area contributed by atoms with Crippen LogP contribution in [0.5, 0.6) is 0 Å². The maximum Gasteiger partial charge on any atom is 0.414 e. The predicted molar refractivity (Wildman–Crippen MR) is 125 cm³/mol. The summed E-state index contributed by atoms with van der Waals surface area (Å²) < 4.78 is 4.39. The molecule has 1 aliphatic heterocycles. The second-order valence-electron chi connectivity index (χ2n) is 7.25. The number of carbonyl (C=O) groups is 2. The summed E-state index contributed by atoms with van der Waals surface area (Å²) in [6.07, 6.45) is -0.385. The zero-order chi connectivity index (χ0) is 22.5. The van der Waals surface area contributed by atoms with Gasteiger partial charge in [0.15, 0.2) is 0 Å². The van der Waals surface area contributed by atoms with E-state index in [0.717, 1.165) is 52.7 Å². The molecule has 0 bridgehead atoms. The van der Waals surface area contributed by atoms with Gasteiger partial charge in [-0.05, 0) is 36.4 Å². The summed E-state index contributed by atoms with van der Waals surface area (Å²) in [5, 5.41) is 31.3. The number of aromatic nitrogens is 1. The van der Waals surface area contributed by atoms with Gasteiger partial charge in [0.05, 0.1) is 12.6 Å². The lowest BCUT2D eigenvalue weighted by Crippen LogP contribution is -2.46.